The molecule has 0 bridgehead atoms. The predicted molar refractivity (Wildman–Crippen MR) is 85.4 cm³/mol. The number of aliphatic hydroxyl groups excluding tert-OH is 1. The Morgan fingerprint density at radius 2 is 2.10 bits per heavy atom. The van der Waals surface area contributed by atoms with Crippen molar-refractivity contribution < 1.29 is 9.90 Å². The van der Waals surface area contributed by atoms with Gasteiger partial charge in [0, 0.05) is 12.2 Å². The Morgan fingerprint density at radius 1 is 1.38 bits per heavy atom. The van der Waals surface area contributed by atoms with Crippen LogP contribution in [-0.4, -0.2) is 41.1 Å². The highest BCUT2D eigenvalue weighted by atomic mass is 16.3. The van der Waals surface area contributed by atoms with E-state index in [9.17, 15) is 9.90 Å². The zero-order valence-electron chi connectivity index (χ0n) is 13.4. The largest absolute Gasteiger partial charge is 0.392 e. The van der Waals surface area contributed by atoms with Gasteiger partial charge >= 0.3 is 0 Å². The maximum absolute atomic E-state index is 12.4. The molecule has 0 spiro atoms. The van der Waals surface area contributed by atoms with E-state index in [1.165, 1.54) is 11.1 Å². The number of likely N-dealkylation sites (tertiary alicyclic amines) is 1. The lowest BCUT2D eigenvalue weighted by atomic mass is 9.95. The molecule has 21 heavy (non-hydrogen) atoms. The van der Waals surface area contributed by atoms with E-state index in [4.69, 9.17) is 0 Å². The standard InChI is InChI=1S/C17H26N2O2/c1-11-5-6-15(9-13(11)3)18-17(21)14(4)19-8-7-12(2)16(20)10-19/h5-6,9,12,14,16,20H,7-8,10H2,1-4H3,(H,18,21). The smallest absolute Gasteiger partial charge is 0.241 e. The summed E-state index contributed by atoms with van der Waals surface area (Å²) >= 11 is 0. The van der Waals surface area contributed by atoms with E-state index in [0.29, 0.717) is 12.5 Å². The summed E-state index contributed by atoms with van der Waals surface area (Å²) in [6, 6.07) is 5.71. The molecule has 2 rings (SSSR count). The first-order valence-electron chi connectivity index (χ1n) is 7.68. The number of anilines is 1. The zero-order chi connectivity index (χ0) is 15.6. The fourth-order valence-electron chi connectivity index (χ4n) is 2.66. The van der Waals surface area contributed by atoms with Gasteiger partial charge in [-0.1, -0.05) is 13.0 Å². The molecule has 2 N–H and O–H groups in total. The molecule has 1 aromatic rings. The molecular formula is C17H26N2O2. The van der Waals surface area contributed by atoms with Gasteiger partial charge in [-0.3, -0.25) is 9.69 Å². The van der Waals surface area contributed by atoms with Crippen molar-refractivity contribution in [3.05, 3.63) is 29.3 Å². The molecule has 3 unspecified atom stereocenters. The third-order valence-electron chi connectivity index (χ3n) is 4.65. The number of nitrogens with zero attached hydrogens (tertiary/aromatic N) is 1. The molecular weight excluding hydrogens is 264 g/mol. The number of hydrogen-bond donors (Lipinski definition) is 2. The van der Waals surface area contributed by atoms with Crippen LogP contribution in [0.1, 0.15) is 31.4 Å². The number of aliphatic hydroxyl groups is 1. The summed E-state index contributed by atoms with van der Waals surface area (Å²) in [6.45, 7) is 9.49. The van der Waals surface area contributed by atoms with Gasteiger partial charge in [-0.15, -0.1) is 0 Å². The van der Waals surface area contributed by atoms with Crippen LogP contribution < -0.4 is 5.32 Å². The molecule has 0 saturated carbocycles. The maximum Gasteiger partial charge on any atom is 0.241 e. The molecule has 0 aliphatic carbocycles. The average molecular weight is 290 g/mol. The number of benzene rings is 1. The van der Waals surface area contributed by atoms with Crippen molar-refractivity contribution in [2.75, 3.05) is 18.4 Å². The second-order valence-electron chi connectivity index (χ2n) is 6.29. The van der Waals surface area contributed by atoms with Gasteiger partial charge in [-0.25, -0.2) is 0 Å². The van der Waals surface area contributed by atoms with E-state index < -0.39 is 0 Å². The lowest BCUT2D eigenvalue weighted by Gasteiger charge is -2.37. The molecule has 3 atom stereocenters. The highest BCUT2D eigenvalue weighted by Gasteiger charge is 2.30. The molecule has 1 heterocycles. The fraction of sp³-hybridized carbons (Fsp3) is 0.588. The van der Waals surface area contributed by atoms with E-state index in [2.05, 4.69) is 24.1 Å². The van der Waals surface area contributed by atoms with E-state index in [1.54, 1.807) is 0 Å². The SMILES string of the molecule is Cc1ccc(NC(=O)C(C)N2CCC(C)C(O)C2)cc1C. The van der Waals surface area contributed by atoms with Crippen LogP contribution in [0.15, 0.2) is 18.2 Å². The Kier molecular flexibility index (Phi) is 5.01. The number of carbonyl (C=O) groups is 1. The van der Waals surface area contributed by atoms with Crippen molar-refractivity contribution in [2.24, 2.45) is 5.92 Å². The Hall–Kier alpha value is -1.39. The monoisotopic (exact) mass is 290 g/mol. The van der Waals surface area contributed by atoms with E-state index in [-0.39, 0.29) is 18.1 Å². The topological polar surface area (TPSA) is 52.6 Å². The van der Waals surface area contributed by atoms with E-state index in [0.717, 1.165) is 18.7 Å². The summed E-state index contributed by atoms with van der Waals surface area (Å²) in [5.41, 5.74) is 3.22. The fourth-order valence-corrected chi connectivity index (χ4v) is 2.66. The molecule has 1 aromatic carbocycles. The van der Waals surface area contributed by atoms with Crippen LogP contribution in [0.2, 0.25) is 0 Å². The van der Waals surface area contributed by atoms with Gasteiger partial charge in [0.1, 0.15) is 0 Å². The van der Waals surface area contributed by atoms with Gasteiger partial charge in [-0.05, 0) is 62.9 Å². The van der Waals surface area contributed by atoms with Crippen molar-refractivity contribution in [3.8, 4) is 0 Å². The molecule has 1 aliphatic heterocycles. The van der Waals surface area contributed by atoms with E-state index in [1.807, 2.05) is 32.0 Å². The first-order valence-corrected chi connectivity index (χ1v) is 7.68. The van der Waals surface area contributed by atoms with Crippen LogP contribution in [0.4, 0.5) is 5.69 Å². The quantitative estimate of drug-likeness (QED) is 0.898. The van der Waals surface area contributed by atoms with Crippen LogP contribution in [-0.2, 0) is 4.79 Å². The molecule has 1 aliphatic rings. The molecule has 4 nitrogen and oxygen atoms in total. The van der Waals surface area contributed by atoms with Gasteiger partial charge in [-0.2, -0.15) is 0 Å². The Morgan fingerprint density at radius 3 is 2.71 bits per heavy atom. The average Bonchev–Trinajstić information content (AvgIpc) is 2.45. The normalized spacial score (nSPS) is 24.6. The number of carbonyl (C=O) groups excluding carboxylic acids is 1. The number of rotatable bonds is 3. The molecule has 1 saturated heterocycles. The number of piperidine rings is 1. The summed E-state index contributed by atoms with van der Waals surface area (Å²) < 4.78 is 0. The Labute approximate surface area is 127 Å². The van der Waals surface area contributed by atoms with Gasteiger partial charge in [0.25, 0.3) is 0 Å². The molecule has 1 fully saturated rings. The van der Waals surface area contributed by atoms with Crippen molar-refractivity contribution in [2.45, 2.75) is 46.3 Å². The number of aryl methyl sites for hydroxylation is 2. The molecule has 0 radical (unpaired) electrons. The summed E-state index contributed by atoms with van der Waals surface area (Å²) in [5.74, 6) is 0.302. The van der Waals surface area contributed by atoms with Crippen LogP contribution in [0.25, 0.3) is 0 Å². The van der Waals surface area contributed by atoms with Crippen LogP contribution in [0.3, 0.4) is 0 Å². The maximum atomic E-state index is 12.4. The third kappa shape index (κ3) is 3.83. The lowest BCUT2D eigenvalue weighted by Crippen LogP contribution is -2.50. The van der Waals surface area contributed by atoms with Gasteiger partial charge in [0.2, 0.25) is 5.91 Å². The van der Waals surface area contributed by atoms with Crippen LogP contribution in [0.5, 0.6) is 0 Å². The second-order valence-corrected chi connectivity index (χ2v) is 6.29. The van der Waals surface area contributed by atoms with E-state index >= 15 is 0 Å². The summed E-state index contributed by atoms with van der Waals surface area (Å²) in [6.07, 6.45) is 0.596. The van der Waals surface area contributed by atoms with Crippen LogP contribution in [0, 0.1) is 19.8 Å². The van der Waals surface area contributed by atoms with Gasteiger partial charge in [0.05, 0.1) is 12.1 Å². The highest BCUT2D eigenvalue weighted by Crippen LogP contribution is 2.20. The van der Waals surface area contributed by atoms with Gasteiger partial charge in [0.15, 0.2) is 0 Å². The number of nitrogens with one attached hydrogen (secondary N) is 1. The molecule has 116 valence electrons. The van der Waals surface area contributed by atoms with Crippen molar-refractivity contribution in [3.63, 3.8) is 0 Å². The zero-order valence-corrected chi connectivity index (χ0v) is 13.4. The van der Waals surface area contributed by atoms with Gasteiger partial charge < -0.3 is 10.4 Å². The lowest BCUT2D eigenvalue weighted by molar-refractivity contribution is -0.122. The Bertz CT molecular complexity index is 516. The summed E-state index contributed by atoms with van der Waals surface area (Å²) in [5, 5.41) is 12.9. The third-order valence-corrected chi connectivity index (χ3v) is 4.65. The molecule has 1 amide bonds. The molecule has 4 heteroatoms. The first-order chi connectivity index (χ1) is 9.88. The number of β-amino-alcohol motifs (C(OH)–C–C–N with tert-alkyl or cyclic N) is 1. The summed E-state index contributed by atoms with van der Waals surface area (Å²) in [7, 11) is 0. The minimum Gasteiger partial charge on any atom is -0.392 e. The number of hydrogen-bond acceptors (Lipinski definition) is 3. The summed E-state index contributed by atoms with van der Waals surface area (Å²) in [4.78, 5) is 14.4. The predicted octanol–water partition coefficient (Wildman–Crippen LogP) is 2.33. The van der Waals surface area contributed by atoms with Crippen molar-refractivity contribution in [1.82, 2.24) is 4.90 Å². The van der Waals surface area contributed by atoms with Crippen LogP contribution >= 0.6 is 0 Å². The minimum atomic E-state index is -0.337. The minimum absolute atomic E-state index is 0.0139. The second kappa shape index (κ2) is 6.58. The van der Waals surface area contributed by atoms with Crippen molar-refractivity contribution >= 4 is 11.6 Å². The molecule has 0 aromatic heterocycles. The Balaban J connectivity index is 1.97. The number of amides is 1. The van der Waals surface area contributed by atoms with Crippen molar-refractivity contribution in [1.29, 1.82) is 0 Å². The highest BCUT2D eigenvalue weighted by molar-refractivity contribution is 5.94. The first kappa shape index (κ1) is 16.0.